The van der Waals surface area contributed by atoms with Crippen molar-refractivity contribution in [1.82, 2.24) is 25.1 Å². The van der Waals surface area contributed by atoms with Crippen LogP contribution in [0.25, 0.3) is 4.96 Å². The molecule has 0 aliphatic rings. The van der Waals surface area contributed by atoms with Crippen molar-refractivity contribution in [1.29, 1.82) is 0 Å². The molecule has 2 aromatic heterocycles. The molecule has 0 saturated heterocycles. The second-order valence-corrected chi connectivity index (χ2v) is 10.2. The summed E-state index contributed by atoms with van der Waals surface area (Å²) in [5.41, 5.74) is 0.423. The van der Waals surface area contributed by atoms with Crippen LogP contribution in [-0.4, -0.2) is 31.5 Å². The van der Waals surface area contributed by atoms with Crippen molar-refractivity contribution < 1.29 is 13.9 Å². The number of aromatic nitrogens is 4. The number of benzene rings is 1. The molecule has 0 spiro atoms. The fraction of sp³-hybridized carbons (Fsp3) is 0.500. The van der Waals surface area contributed by atoms with Crippen LogP contribution < -0.4 is 5.32 Å². The Balaban J connectivity index is 1.78. The molecular formula is C20H26FN5O2S2. The van der Waals surface area contributed by atoms with Crippen LogP contribution in [0.5, 0.6) is 0 Å². The van der Waals surface area contributed by atoms with Gasteiger partial charge in [-0.3, -0.25) is 0 Å². The summed E-state index contributed by atoms with van der Waals surface area (Å²) in [5.74, 6) is 1.11. The van der Waals surface area contributed by atoms with Gasteiger partial charge in [0.1, 0.15) is 11.4 Å². The number of hydrogen-bond donors (Lipinski definition) is 1. The molecule has 30 heavy (non-hydrogen) atoms. The van der Waals surface area contributed by atoms with Crippen LogP contribution in [0.3, 0.4) is 0 Å². The minimum absolute atomic E-state index is 0.113. The third-order valence-corrected chi connectivity index (χ3v) is 6.54. The Hall–Kier alpha value is -2.20. The van der Waals surface area contributed by atoms with Gasteiger partial charge in [0, 0.05) is 5.75 Å². The summed E-state index contributed by atoms with van der Waals surface area (Å²) in [6.45, 7) is 9.57. The molecule has 0 bridgehead atoms. The summed E-state index contributed by atoms with van der Waals surface area (Å²) in [4.78, 5) is 13.0. The average Bonchev–Trinajstić information content (AvgIpc) is 3.24. The Labute approximate surface area is 183 Å². The molecule has 1 N–H and O–H groups in total. The molecule has 3 aromatic rings. The van der Waals surface area contributed by atoms with Crippen molar-refractivity contribution in [3.8, 4) is 0 Å². The van der Waals surface area contributed by atoms with E-state index in [1.165, 1.54) is 23.5 Å². The van der Waals surface area contributed by atoms with Crippen LogP contribution in [-0.2, 0) is 10.5 Å². The molecule has 0 saturated carbocycles. The Morgan fingerprint density at radius 1 is 1.30 bits per heavy atom. The monoisotopic (exact) mass is 451 g/mol. The van der Waals surface area contributed by atoms with Crippen molar-refractivity contribution in [3.05, 3.63) is 41.5 Å². The molecule has 0 fully saturated rings. The summed E-state index contributed by atoms with van der Waals surface area (Å²) in [6, 6.07) is 6.05. The van der Waals surface area contributed by atoms with E-state index in [9.17, 15) is 9.18 Å². The van der Waals surface area contributed by atoms with Gasteiger partial charge in [-0.15, -0.1) is 15.3 Å². The zero-order valence-electron chi connectivity index (χ0n) is 17.7. The smallest absolute Gasteiger partial charge is 0.408 e. The van der Waals surface area contributed by atoms with Gasteiger partial charge in [-0.1, -0.05) is 55.5 Å². The molecular weight excluding hydrogens is 425 g/mol. The van der Waals surface area contributed by atoms with E-state index >= 15 is 0 Å². The molecule has 2 atom stereocenters. The number of halogens is 1. The fourth-order valence-corrected chi connectivity index (χ4v) is 4.56. The SMILES string of the molecule is CCC(C)C(NC(=O)OC(C)(C)C)c1nnc2sc(SCc3ccc(F)cc3)nn12. The number of nitrogens with zero attached hydrogens (tertiary/aromatic N) is 4. The Kier molecular flexibility index (Phi) is 6.97. The van der Waals surface area contributed by atoms with Crippen molar-refractivity contribution in [2.75, 3.05) is 0 Å². The molecule has 1 aromatic carbocycles. The van der Waals surface area contributed by atoms with E-state index in [2.05, 4.69) is 27.5 Å². The van der Waals surface area contributed by atoms with Crippen molar-refractivity contribution in [2.24, 2.45) is 5.92 Å². The van der Waals surface area contributed by atoms with Crippen LogP contribution in [0, 0.1) is 11.7 Å². The molecule has 2 unspecified atom stereocenters. The first-order valence-electron chi connectivity index (χ1n) is 9.75. The molecule has 0 radical (unpaired) electrons. The van der Waals surface area contributed by atoms with E-state index in [1.807, 2.05) is 27.7 Å². The van der Waals surface area contributed by atoms with Gasteiger partial charge in [0.25, 0.3) is 0 Å². The minimum Gasteiger partial charge on any atom is -0.444 e. The number of amides is 1. The van der Waals surface area contributed by atoms with Crippen LogP contribution in [0.15, 0.2) is 28.6 Å². The number of alkyl carbamates (subject to hydrolysis) is 1. The number of ether oxygens (including phenoxy) is 1. The van der Waals surface area contributed by atoms with E-state index in [1.54, 1.807) is 28.4 Å². The molecule has 0 aliphatic carbocycles. The van der Waals surface area contributed by atoms with Crippen molar-refractivity contribution in [3.63, 3.8) is 0 Å². The van der Waals surface area contributed by atoms with Crippen LogP contribution >= 0.6 is 23.1 Å². The van der Waals surface area contributed by atoms with Crippen LogP contribution in [0.2, 0.25) is 0 Å². The first-order valence-corrected chi connectivity index (χ1v) is 11.6. The van der Waals surface area contributed by atoms with Gasteiger partial charge >= 0.3 is 6.09 Å². The number of rotatable bonds is 7. The number of thioether (sulfide) groups is 1. The summed E-state index contributed by atoms with van der Waals surface area (Å²) in [7, 11) is 0. The second kappa shape index (κ2) is 9.30. The summed E-state index contributed by atoms with van der Waals surface area (Å²) in [6.07, 6.45) is 0.344. The minimum atomic E-state index is -0.588. The maximum absolute atomic E-state index is 13.1. The predicted octanol–water partition coefficient (Wildman–Crippen LogP) is 5.23. The quantitative estimate of drug-likeness (QED) is 0.496. The van der Waals surface area contributed by atoms with Gasteiger partial charge in [0.2, 0.25) is 4.96 Å². The number of nitrogens with one attached hydrogen (secondary N) is 1. The zero-order chi connectivity index (χ0) is 21.9. The molecule has 1 amide bonds. The van der Waals surface area contributed by atoms with Gasteiger partial charge < -0.3 is 10.1 Å². The average molecular weight is 452 g/mol. The van der Waals surface area contributed by atoms with E-state index in [0.29, 0.717) is 16.5 Å². The standard InChI is InChI=1S/C20H26FN5O2S2/c1-6-12(2)15(22-18(27)28-20(3,4)5)16-23-24-17-26(16)25-19(30-17)29-11-13-7-9-14(21)10-8-13/h7-10,12,15H,6,11H2,1-5H3,(H,22,27). The normalized spacial score (nSPS) is 13.9. The lowest BCUT2D eigenvalue weighted by Gasteiger charge is -2.25. The third kappa shape index (κ3) is 5.69. The summed E-state index contributed by atoms with van der Waals surface area (Å²) in [5, 5.41) is 16.1. The zero-order valence-corrected chi connectivity index (χ0v) is 19.3. The van der Waals surface area contributed by atoms with Gasteiger partial charge in [-0.05, 0) is 44.4 Å². The van der Waals surface area contributed by atoms with E-state index in [-0.39, 0.29) is 17.8 Å². The number of carbonyl (C=O) groups is 1. The number of carbonyl (C=O) groups excluding carboxylic acids is 1. The van der Waals surface area contributed by atoms with Gasteiger partial charge in [-0.2, -0.15) is 4.52 Å². The van der Waals surface area contributed by atoms with Gasteiger partial charge in [-0.25, -0.2) is 9.18 Å². The van der Waals surface area contributed by atoms with Gasteiger partial charge in [0.15, 0.2) is 10.2 Å². The largest absolute Gasteiger partial charge is 0.444 e. The lowest BCUT2D eigenvalue weighted by atomic mass is 9.99. The Morgan fingerprint density at radius 3 is 2.63 bits per heavy atom. The highest BCUT2D eigenvalue weighted by Gasteiger charge is 2.29. The Bertz CT molecular complexity index is 997. The Morgan fingerprint density at radius 2 is 2.00 bits per heavy atom. The maximum Gasteiger partial charge on any atom is 0.408 e. The lowest BCUT2D eigenvalue weighted by Crippen LogP contribution is -2.38. The van der Waals surface area contributed by atoms with E-state index in [0.717, 1.165) is 16.3 Å². The molecule has 3 rings (SSSR count). The van der Waals surface area contributed by atoms with Crippen molar-refractivity contribution in [2.45, 2.75) is 62.8 Å². The van der Waals surface area contributed by atoms with E-state index < -0.39 is 11.7 Å². The highest BCUT2D eigenvalue weighted by molar-refractivity contribution is 8.00. The van der Waals surface area contributed by atoms with Gasteiger partial charge in [0.05, 0.1) is 6.04 Å². The molecule has 7 nitrogen and oxygen atoms in total. The van der Waals surface area contributed by atoms with Crippen LogP contribution in [0.4, 0.5) is 9.18 Å². The molecule has 10 heteroatoms. The lowest BCUT2D eigenvalue weighted by molar-refractivity contribution is 0.0482. The molecule has 2 heterocycles. The summed E-state index contributed by atoms with van der Waals surface area (Å²) < 4.78 is 21.0. The van der Waals surface area contributed by atoms with Crippen LogP contribution in [0.1, 0.15) is 58.5 Å². The third-order valence-electron chi connectivity index (χ3n) is 4.44. The first-order chi connectivity index (χ1) is 14.2. The van der Waals surface area contributed by atoms with Crippen molar-refractivity contribution >= 4 is 34.2 Å². The van der Waals surface area contributed by atoms with E-state index in [4.69, 9.17) is 4.74 Å². The first kappa shape index (κ1) is 22.5. The number of hydrogen-bond acceptors (Lipinski definition) is 7. The second-order valence-electron chi connectivity index (χ2n) is 8.05. The maximum atomic E-state index is 13.1. The topological polar surface area (TPSA) is 81.4 Å². The molecule has 162 valence electrons. The molecule has 0 aliphatic heterocycles. The fourth-order valence-electron chi connectivity index (χ4n) is 2.72. The highest BCUT2D eigenvalue weighted by Crippen LogP contribution is 2.30. The predicted molar refractivity (Wildman–Crippen MR) is 116 cm³/mol. The number of fused-ring (bicyclic) bond motifs is 1. The highest BCUT2D eigenvalue weighted by atomic mass is 32.2. The summed E-state index contributed by atoms with van der Waals surface area (Å²) >= 11 is 2.98.